The molecule has 0 saturated heterocycles. The molecule has 0 aromatic heterocycles. The van der Waals surface area contributed by atoms with Crippen LogP contribution in [-0.2, 0) is 9.53 Å². The molecule has 4 nitrogen and oxygen atoms in total. The zero-order valence-electron chi connectivity index (χ0n) is 14.4. The maximum atomic E-state index is 13.4. The number of hydrogen-bond acceptors (Lipinski definition) is 2. The van der Waals surface area contributed by atoms with Gasteiger partial charge in [-0.05, 0) is 6.92 Å². The van der Waals surface area contributed by atoms with Crippen molar-refractivity contribution >= 4 is 5.91 Å². The molecule has 0 aromatic rings. The summed E-state index contributed by atoms with van der Waals surface area (Å²) >= 11 is 0. The molecule has 0 spiro atoms. The Morgan fingerprint density at radius 2 is 1.46 bits per heavy atom. The van der Waals surface area contributed by atoms with Crippen LogP contribution in [0.15, 0.2) is 0 Å². The molecule has 0 aliphatic rings. The van der Waals surface area contributed by atoms with Crippen LogP contribution in [0, 0.1) is 0 Å². The van der Waals surface area contributed by atoms with Gasteiger partial charge >= 0.3 is 18.5 Å². The van der Waals surface area contributed by atoms with Crippen LogP contribution >= 0.6 is 0 Å². The van der Waals surface area contributed by atoms with Crippen molar-refractivity contribution in [3.8, 4) is 0 Å². The molecule has 0 saturated carbocycles. The summed E-state index contributed by atoms with van der Waals surface area (Å²) in [6.07, 6.45) is -21.8. The van der Waals surface area contributed by atoms with E-state index < -0.39 is 43.1 Å². The number of quaternary nitrogens is 1. The maximum Gasteiger partial charge on any atom is 0.430 e. The molecule has 0 fully saturated rings. The fraction of sp³-hybridized carbons (Fsp3) is 0.923. The number of nitrogens with zero attached hydrogens (tertiary/aromatic N) is 1. The van der Waals surface area contributed by atoms with Crippen molar-refractivity contribution in [3.05, 3.63) is 0 Å². The SMILES string of the molecule is CC(F)(C(F)(F)F)C(F)(F)OC(C(=O)NCCC[N+](C)(C)C)C(F)(F)F. The summed E-state index contributed by atoms with van der Waals surface area (Å²) in [6.45, 7) is -0.660. The molecule has 0 aliphatic carbocycles. The molecule has 0 aromatic carbocycles. The first-order valence-corrected chi connectivity index (χ1v) is 7.18. The van der Waals surface area contributed by atoms with Crippen LogP contribution < -0.4 is 5.32 Å². The van der Waals surface area contributed by atoms with E-state index in [1.165, 1.54) is 0 Å². The van der Waals surface area contributed by atoms with E-state index >= 15 is 0 Å². The first kappa shape index (κ1) is 24.8. The Labute approximate surface area is 143 Å². The van der Waals surface area contributed by atoms with Crippen LogP contribution in [0.3, 0.4) is 0 Å². The largest absolute Gasteiger partial charge is 0.430 e. The van der Waals surface area contributed by atoms with Crippen molar-refractivity contribution in [3.63, 3.8) is 0 Å². The Bertz CT molecular complexity index is 481. The normalized spacial score (nSPS) is 17.6. The lowest BCUT2D eigenvalue weighted by atomic mass is 10.1. The highest BCUT2D eigenvalue weighted by Gasteiger charge is 2.71. The molecule has 13 heteroatoms. The Hall–Kier alpha value is -1.24. The molecule has 0 aliphatic heterocycles. The van der Waals surface area contributed by atoms with E-state index in [0.717, 1.165) is 0 Å². The second-order valence-electron chi connectivity index (χ2n) is 6.72. The number of rotatable bonds is 8. The van der Waals surface area contributed by atoms with Crippen LogP contribution in [0.25, 0.3) is 0 Å². The van der Waals surface area contributed by atoms with Crippen LogP contribution in [-0.4, -0.2) is 74.9 Å². The molecule has 0 bridgehead atoms. The number of carbonyl (C=O) groups excluding carboxylic acids is 1. The molecule has 26 heavy (non-hydrogen) atoms. The third-order valence-electron chi connectivity index (χ3n) is 3.19. The van der Waals surface area contributed by atoms with Gasteiger partial charge < -0.3 is 9.80 Å². The van der Waals surface area contributed by atoms with Gasteiger partial charge in [0.15, 0.2) is 0 Å². The number of amides is 1. The van der Waals surface area contributed by atoms with Gasteiger partial charge in [-0.3, -0.25) is 9.53 Å². The second-order valence-corrected chi connectivity index (χ2v) is 6.72. The molecule has 2 unspecified atom stereocenters. The quantitative estimate of drug-likeness (QED) is 0.382. The van der Waals surface area contributed by atoms with E-state index in [0.29, 0.717) is 11.0 Å². The molecule has 0 rings (SSSR count). The van der Waals surface area contributed by atoms with Gasteiger partial charge in [0.1, 0.15) is 0 Å². The Kier molecular flexibility index (Phi) is 7.41. The number of carbonyl (C=O) groups is 1. The van der Waals surface area contributed by atoms with Crippen molar-refractivity contribution in [2.75, 3.05) is 34.2 Å². The molecule has 0 radical (unpaired) electrons. The van der Waals surface area contributed by atoms with E-state index in [-0.39, 0.29) is 13.0 Å². The number of halogens is 9. The van der Waals surface area contributed by atoms with Gasteiger partial charge in [-0.25, -0.2) is 4.39 Å². The van der Waals surface area contributed by atoms with Crippen LogP contribution in [0.1, 0.15) is 13.3 Å². The molecule has 2 atom stereocenters. The number of nitrogens with one attached hydrogen (secondary N) is 1. The van der Waals surface area contributed by atoms with E-state index in [1.54, 1.807) is 26.5 Å². The minimum atomic E-state index is -6.23. The second kappa shape index (κ2) is 7.79. The summed E-state index contributed by atoms with van der Waals surface area (Å²) in [6, 6.07) is 0. The third kappa shape index (κ3) is 6.82. The Balaban J connectivity index is 5.21. The molecule has 0 heterocycles. The maximum absolute atomic E-state index is 13.4. The number of hydrogen-bond donors (Lipinski definition) is 1. The lowest BCUT2D eigenvalue weighted by molar-refractivity contribution is -0.870. The molecule has 1 amide bonds. The number of ether oxygens (including phenoxy) is 1. The highest BCUT2D eigenvalue weighted by molar-refractivity contribution is 5.81. The summed E-state index contributed by atoms with van der Waals surface area (Å²) in [5, 5.41) is 1.64. The Morgan fingerprint density at radius 3 is 1.81 bits per heavy atom. The third-order valence-corrected chi connectivity index (χ3v) is 3.19. The lowest BCUT2D eigenvalue weighted by Crippen LogP contribution is -2.59. The standard InChI is InChI=1S/C13H19F9N2O2/c1-10(14,12(18,19)20)13(21,22)26-8(11(15,16)17)9(25)23-6-5-7-24(2,3)4/h8H,5-7H2,1-4H3/p+1. The van der Waals surface area contributed by atoms with E-state index in [1.807, 2.05) is 0 Å². The fourth-order valence-corrected chi connectivity index (χ4v) is 1.55. The van der Waals surface area contributed by atoms with Crippen molar-refractivity contribution in [2.45, 2.75) is 43.6 Å². The summed E-state index contributed by atoms with van der Waals surface area (Å²) in [5.74, 6) is -2.14. The summed E-state index contributed by atoms with van der Waals surface area (Å²) in [5.41, 5.74) is -5.44. The number of alkyl halides is 9. The first-order chi connectivity index (χ1) is 11.2. The van der Waals surface area contributed by atoms with E-state index in [9.17, 15) is 44.3 Å². The van der Waals surface area contributed by atoms with Gasteiger partial charge in [-0.1, -0.05) is 0 Å². The van der Waals surface area contributed by atoms with E-state index in [4.69, 9.17) is 0 Å². The molecule has 1 N–H and O–H groups in total. The topological polar surface area (TPSA) is 38.3 Å². The van der Waals surface area contributed by atoms with Crippen molar-refractivity contribution in [1.29, 1.82) is 0 Å². The first-order valence-electron chi connectivity index (χ1n) is 7.18. The molecular weight excluding hydrogens is 387 g/mol. The van der Waals surface area contributed by atoms with Crippen LogP contribution in [0.5, 0.6) is 0 Å². The minimum Gasteiger partial charge on any atom is -0.353 e. The van der Waals surface area contributed by atoms with Gasteiger partial charge in [0.05, 0.1) is 27.7 Å². The highest BCUT2D eigenvalue weighted by atomic mass is 19.4. The predicted octanol–water partition coefficient (Wildman–Crippen LogP) is 3.03. The summed E-state index contributed by atoms with van der Waals surface area (Å²) in [7, 11) is 5.22. The zero-order valence-corrected chi connectivity index (χ0v) is 14.4. The van der Waals surface area contributed by atoms with Crippen molar-refractivity contribution in [2.24, 2.45) is 0 Å². The van der Waals surface area contributed by atoms with Crippen LogP contribution in [0.4, 0.5) is 39.5 Å². The van der Waals surface area contributed by atoms with E-state index in [2.05, 4.69) is 4.74 Å². The highest BCUT2D eigenvalue weighted by Crippen LogP contribution is 2.47. The van der Waals surface area contributed by atoms with Gasteiger partial charge in [0.25, 0.3) is 11.6 Å². The van der Waals surface area contributed by atoms with Crippen molar-refractivity contribution in [1.82, 2.24) is 5.32 Å². The fourth-order valence-electron chi connectivity index (χ4n) is 1.55. The minimum absolute atomic E-state index is 0.152. The van der Waals surface area contributed by atoms with Gasteiger partial charge in [-0.15, -0.1) is 0 Å². The molecular formula is C13H20F9N2O2+. The summed E-state index contributed by atoms with van der Waals surface area (Å²) < 4.78 is 119. The van der Waals surface area contributed by atoms with Gasteiger partial charge in [-0.2, -0.15) is 35.1 Å². The van der Waals surface area contributed by atoms with Gasteiger partial charge in [0.2, 0.25) is 6.10 Å². The summed E-state index contributed by atoms with van der Waals surface area (Å²) in [4.78, 5) is 11.5. The van der Waals surface area contributed by atoms with Crippen LogP contribution in [0.2, 0.25) is 0 Å². The van der Waals surface area contributed by atoms with Gasteiger partial charge in [0, 0.05) is 13.0 Å². The monoisotopic (exact) mass is 407 g/mol. The predicted molar refractivity (Wildman–Crippen MR) is 72.0 cm³/mol. The zero-order chi connectivity index (χ0) is 21.2. The average molecular weight is 407 g/mol. The molecule has 156 valence electrons. The van der Waals surface area contributed by atoms with Crippen molar-refractivity contribution < 1.29 is 53.5 Å². The average Bonchev–Trinajstić information content (AvgIpc) is 2.37. The smallest absolute Gasteiger partial charge is 0.353 e. The Morgan fingerprint density at radius 1 is 1.00 bits per heavy atom. The lowest BCUT2D eigenvalue weighted by Gasteiger charge is -2.33.